The number of hydrogen-bond acceptors (Lipinski definition) is 3. The van der Waals surface area contributed by atoms with Crippen LogP contribution in [0.4, 0.5) is 5.69 Å². The number of H-pyrrole nitrogens is 1. The molecule has 0 aliphatic rings. The largest absolute Gasteiger partial charge is 0.497 e. The van der Waals surface area contributed by atoms with Gasteiger partial charge in [0, 0.05) is 10.6 Å². The molecule has 0 fully saturated rings. The van der Waals surface area contributed by atoms with Crippen molar-refractivity contribution in [2.45, 2.75) is 13.8 Å². The minimum Gasteiger partial charge on any atom is -0.497 e. The Morgan fingerprint density at radius 2 is 1.74 bits per heavy atom. The smallest absolute Gasteiger partial charge is 0.280 e. The number of aliphatic imine (C=N–C) groups is 1. The quantitative estimate of drug-likeness (QED) is 0.397. The van der Waals surface area contributed by atoms with Crippen LogP contribution in [0.5, 0.6) is 5.75 Å². The molecular formula is C25H22ClN3O2. The highest BCUT2D eigenvalue weighted by Gasteiger charge is 2.19. The SMILES string of the molecule is COc1ccc(-c2[nH]n(-c3ccccc3)c(=O)c2C(C)=Nc2ccc(Cl)cc2C)cc1. The molecule has 5 nitrogen and oxygen atoms in total. The summed E-state index contributed by atoms with van der Waals surface area (Å²) in [7, 11) is 1.62. The molecule has 156 valence electrons. The molecule has 0 saturated heterocycles. The first-order valence-corrected chi connectivity index (χ1v) is 10.2. The van der Waals surface area contributed by atoms with E-state index in [1.807, 2.05) is 80.6 Å². The van der Waals surface area contributed by atoms with Gasteiger partial charge in [0.2, 0.25) is 0 Å². The number of para-hydroxylation sites is 1. The van der Waals surface area contributed by atoms with Crippen LogP contribution in [0.25, 0.3) is 16.9 Å². The van der Waals surface area contributed by atoms with Gasteiger partial charge in [0.15, 0.2) is 0 Å². The number of hydrogen-bond donors (Lipinski definition) is 1. The number of ether oxygens (including phenoxy) is 1. The summed E-state index contributed by atoms with van der Waals surface area (Å²) < 4.78 is 6.82. The Bertz CT molecular complexity index is 1300. The predicted octanol–water partition coefficient (Wildman–Crippen LogP) is 5.94. The third kappa shape index (κ3) is 4.18. The van der Waals surface area contributed by atoms with Crippen molar-refractivity contribution in [1.29, 1.82) is 0 Å². The van der Waals surface area contributed by atoms with Crippen molar-refractivity contribution in [2.75, 3.05) is 7.11 Å². The van der Waals surface area contributed by atoms with Gasteiger partial charge in [0.25, 0.3) is 5.56 Å². The Labute approximate surface area is 185 Å². The number of aromatic nitrogens is 2. The number of nitrogens with zero attached hydrogens (tertiary/aromatic N) is 2. The van der Waals surface area contributed by atoms with Crippen LogP contribution >= 0.6 is 11.6 Å². The van der Waals surface area contributed by atoms with Gasteiger partial charge in [-0.25, -0.2) is 4.68 Å². The van der Waals surface area contributed by atoms with Gasteiger partial charge in [0.05, 0.1) is 35.5 Å². The first-order valence-electron chi connectivity index (χ1n) is 9.84. The third-order valence-electron chi connectivity index (χ3n) is 5.09. The van der Waals surface area contributed by atoms with Crippen LogP contribution in [0.15, 0.2) is 82.6 Å². The minimum atomic E-state index is -0.162. The predicted molar refractivity (Wildman–Crippen MR) is 126 cm³/mol. The Kier molecular flexibility index (Phi) is 5.78. The normalized spacial score (nSPS) is 11.5. The summed E-state index contributed by atoms with van der Waals surface area (Å²) in [4.78, 5) is 18.2. The number of benzene rings is 3. The number of halogens is 1. The number of rotatable bonds is 5. The molecule has 1 N–H and O–H groups in total. The van der Waals surface area contributed by atoms with Crippen LogP contribution in [0.1, 0.15) is 18.1 Å². The number of aryl methyl sites for hydroxylation is 1. The molecule has 6 heteroatoms. The molecule has 0 amide bonds. The second-order valence-corrected chi connectivity index (χ2v) is 7.63. The van der Waals surface area contributed by atoms with E-state index in [1.54, 1.807) is 17.9 Å². The van der Waals surface area contributed by atoms with E-state index in [2.05, 4.69) is 5.10 Å². The van der Waals surface area contributed by atoms with E-state index >= 15 is 0 Å². The monoisotopic (exact) mass is 431 g/mol. The number of methoxy groups -OCH3 is 1. The molecule has 1 heterocycles. The van der Waals surface area contributed by atoms with Gasteiger partial charge in [-0.2, -0.15) is 0 Å². The molecular weight excluding hydrogens is 410 g/mol. The summed E-state index contributed by atoms with van der Waals surface area (Å²) in [5.74, 6) is 0.748. The van der Waals surface area contributed by atoms with Gasteiger partial charge in [-0.15, -0.1) is 0 Å². The molecule has 0 unspecified atom stereocenters. The molecule has 0 aliphatic carbocycles. The molecule has 31 heavy (non-hydrogen) atoms. The summed E-state index contributed by atoms with van der Waals surface area (Å²) in [5, 5.41) is 3.93. The fraction of sp³-hybridized carbons (Fsp3) is 0.120. The van der Waals surface area contributed by atoms with Crippen molar-refractivity contribution in [3.05, 3.63) is 99.3 Å². The lowest BCUT2D eigenvalue weighted by Gasteiger charge is -2.06. The average molecular weight is 432 g/mol. The van der Waals surface area contributed by atoms with Crippen LogP contribution < -0.4 is 10.3 Å². The summed E-state index contributed by atoms with van der Waals surface area (Å²) in [6.07, 6.45) is 0. The summed E-state index contributed by atoms with van der Waals surface area (Å²) in [6, 6.07) is 22.6. The lowest BCUT2D eigenvalue weighted by molar-refractivity contribution is 0.415. The van der Waals surface area contributed by atoms with Crippen LogP contribution in [-0.2, 0) is 0 Å². The molecule has 4 aromatic rings. The van der Waals surface area contributed by atoms with Gasteiger partial charge in [0.1, 0.15) is 5.75 Å². The van der Waals surface area contributed by atoms with E-state index in [9.17, 15) is 4.79 Å². The van der Waals surface area contributed by atoms with E-state index in [1.165, 1.54) is 0 Å². The molecule has 0 atom stereocenters. The summed E-state index contributed by atoms with van der Waals surface area (Å²) >= 11 is 6.08. The Morgan fingerprint density at radius 1 is 1.03 bits per heavy atom. The third-order valence-corrected chi connectivity index (χ3v) is 5.33. The van der Waals surface area contributed by atoms with Crippen LogP contribution in [0.3, 0.4) is 0 Å². The molecule has 0 spiro atoms. The first kappa shape index (κ1) is 20.7. The average Bonchev–Trinajstić information content (AvgIpc) is 3.13. The first-order chi connectivity index (χ1) is 15.0. The second kappa shape index (κ2) is 8.66. The maximum Gasteiger partial charge on any atom is 0.280 e. The van der Waals surface area contributed by atoms with Gasteiger partial charge in [-0.3, -0.25) is 14.9 Å². The number of nitrogens with one attached hydrogen (secondary N) is 1. The Morgan fingerprint density at radius 3 is 2.39 bits per heavy atom. The van der Waals surface area contributed by atoms with Crippen molar-refractivity contribution in [3.63, 3.8) is 0 Å². The topological polar surface area (TPSA) is 59.4 Å². The van der Waals surface area contributed by atoms with Crippen LogP contribution in [-0.4, -0.2) is 22.6 Å². The zero-order valence-electron chi connectivity index (χ0n) is 17.5. The van der Waals surface area contributed by atoms with Crippen molar-refractivity contribution < 1.29 is 4.74 Å². The van der Waals surface area contributed by atoms with E-state index in [4.69, 9.17) is 21.3 Å². The molecule has 0 aliphatic heterocycles. The highest BCUT2D eigenvalue weighted by molar-refractivity contribution is 6.30. The fourth-order valence-corrected chi connectivity index (χ4v) is 3.71. The highest BCUT2D eigenvalue weighted by Crippen LogP contribution is 2.27. The van der Waals surface area contributed by atoms with E-state index in [0.29, 0.717) is 22.0 Å². The highest BCUT2D eigenvalue weighted by atomic mass is 35.5. The van der Waals surface area contributed by atoms with Gasteiger partial charge in [-0.1, -0.05) is 29.8 Å². The molecule has 0 saturated carbocycles. The molecule has 1 aromatic heterocycles. The van der Waals surface area contributed by atoms with Crippen LogP contribution in [0, 0.1) is 6.92 Å². The standard InChI is InChI=1S/C25H22ClN3O2/c1-16-15-19(26)11-14-22(16)27-17(2)23-24(18-9-12-21(31-3)13-10-18)28-29(25(23)30)20-7-5-4-6-8-20/h4-15,28H,1-3H3. The van der Waals surface area contributed by atoms with E-state index in [-0.39, 0.29) is 5.56 Å². The second-order valence-electron chi connectivity index (χ2n) is 7.19. The minimum absolute atomic E-state index is 0.162. The van der Waals surface area contributed by atoms with Crippen molar-refractivity contribution in [2.24, 2.45) is 4.99 Å². The molecule has 4 rings (SSSR count). The Hall–Kier alpha value is -3.57. The lowest BCUT2D eigenvalue weighted by Crippen LogP contribution is -2.19. The zero-order valence-corrected chi connectivity index (χ0v) is 18.3. The summed E-state index contributed by atoms with van der Waals surface area (Å²) in [6.45, 7) is 3.79. The van der Waals surface area contributed by atoms with E-state index < -0.39 is 0 Å². The summed E-state index contributed by atoms with van der Waals surface area (Å²) in [5.41, 5.74) is 5.00. The van der Waals surface area contributed by atoms with Crippen molar-refractivity contribution >= 4 is 23.0 Å². The van der Waals surface area contributed by atoms with E-state index in [0.717, 1.165) is 28.3 Å². The Balaban J connectivity index is 1.91. The maximum absolute atomic E-state index is 13.5. The molecule has 0 radical (unpaired) electrons. The fourth-order valence-electron chi connectivity index (χ4n) is 3.48. The molecule has 3 aromatic carbocycles. The van der Waals surface area contributed by atoms with Gasteiger partial charge in [-0.05, 0) is 74.0 Å². The number of aromatic amines is 1. The van der Waals surface area contributed by atoms with Crippen molar-refractivity contribution in [1.82, 2.24) is 9.78 Å². The maximum atomic E-state index is 13.5. The van der Waals surface area contributed by atoms with Crippen LogP contribution in [0.2, 0.25) is 5.02 Å². The van der Waals surface area contributed by atoms with Gasteiger partial charge < -0.3 is 4.74 Å². The van der Waals surface area contributed by atoms with Gasteiger partial charge >= 0.3 is 0 Å². The lowest BCUT2D eigenvalue weighted by atomic mass is 10.0. The molecule has 0 bridgehead atoms. The zero-order chi connectivity index (χ0) is 22.0. The van der Waals surface area contributed by atoms with Crippen molar-refractivity contribution in [3.8, 4) is 22.7 Å².